The number of quaternary nitrogens is 1. The molecule has 0 N–H and O–H groups in total. The van der Waals surface area contributed by atoms with Crippen LogP contribution in [0.2, 0.25) is 0 Å². The zero-order valence-electron chi connectivity index (χ0n) is 13.4. The van der Waals surface area contributed by atoms with Gasteiger partial charge in [-0.3, -0.25) is 0 Å². The number of halogens is 1. The van der Waals surface area contributed by atoms with Crippen LogP contribution < -0.4 is 4.70 Å². The molecule has 1 aliphatic rings. The van der Waals surface area contributed by atoms with Gasteiger partial charge in [-0.2, -0.15) is 0 Å². The molecule has 116 valence electrons. The Labute approximate surface area is 120 Å². The molecule has 0 saturated carbocycles. The van der Waals surface area contributed by atoms with Gasteiger partial charge in [0.05, 0.1) is 26.2 Å². The predicted molar refractivity (Wildman–Crippen MR) is 81.9 cm³/mol. The zero-order chi connectivity index (χ0) is 13.1. The second-order valence-corrected chi connectivity index (χ2v) is 6.42. The molecule has 0 spiro atoms. The van der Waals surface area contributed by atoms with Gasteiger partial charge in [-0.25, -0.2) is 0 Å². The summed E-state index contributed by atoms with van der Waals surface area (Å²) in [5.74, 6) is 0. The first-order valence-electron chi connectivity index (χ1n) is 8.68. The normalized spacial score (nSPS) is 17.4. The second kappa shape index (κ2) is 11.7. The van der Waals surface area contributed by atoms with Gasteiger partial charge in [0.25, 0.3) is 0 Å². The minimum atomic E-state index is 0. The molecule has 0 atom stereocenters. The Morgan fingerprint density at radius 1 is 0.632 bits per heavy atom. The lowest BCUT2D eigenvalue weighted by Gasteiger charge is -2.34. The van der Waals surface area contributed by atoms with Crippen LogP contribution in [0.25, 0.3) is 0 Å². The lowest BCUT2D eigenvalue weighted by molar-refractivity contribution is -0.917. The number of hydrogen-bond donors (Lipinski definition) is 0. The van der Waals surface area contributed by atoms with Crippen LogP contribution in [0.4, 0.5) is 0 Å². The first kappa shape index (κ1) is 18.9. The van der Waals surface area contributed by atoms with Crippen molar-refractivity contribution < 1.29 is 9.19 Å². The van der Waals surface area contributed by atoms with Crippen molar-refractivity contribution in [3.05, 3.63) is 0 Å². The molecule has 19 heavy (non-hydrogen) atoms. The lowest BCUT2D eigenvalue weighted by Crippen LogP contribution is -3.00. The summed E-state index contributed by atoms with van der Waals surface area (Å²) in [7, 11) is 0. The Hall–Kier alpha value is -0.110. The Bertz CT molecular complexity index is 188. The van der Waals surface area contributed by atoms with E-state index in [9.17, 15) is 0 Å². The molecule has 0 amide bonds. The second-order valence-electron chi connectivity index (χ2n) is 6.42. The molecule has 1 rings (SSSR count). The average molecular weight is 273 g/mol. The van der Waals surface area contributed by atoms with Crippen LogP contribution in [-0.2, 0) is 0 Å². The van der Waals surface area contributed by atoms with Crippen LogP contribution in [0.1, 0.15) is 84.5 Å². The summed E-state index contributed by atoms with van der Waals surface area (Å²) in [5, 5.41) is 0. The fourth-order valence-corrected chi connectivity index (χ4v) is 3.46. The number of nitrogens with zero attached hydrogens (tertiary/aromatic N) is 1. The van der Waals surface area contributed by atoms with Crippen LogP contribution >= 0.6 is 0 Å². The molecule has 1 nitrogen and oxygen atoms in total. The van der Waals surface area contributed by atoms with Crippen LogP contribution in [0.5, 0.6) is 0 Å². The molecule has 0 aromatic heterocycles. The van der Waals surface area contributed by atoms with Gasteiger partial charge in [-0.05, 0) is 19.3 Å². The number of hydrogen-bond acceptors (Lipinski definition) is 0. The summed E-state index contributed by atoms with van der Waals surface area (Å²) in [6, 6.07) is 0. The highest BCUT2D eigenvalue weighted by atomic mass is 19.0. The summed E-state index contributed by atoms with van der Waals surface area (Å²) in [6.45, 7) is 10.5. The van der Waals surface area contributed by atoms with E-state index in [1.165, 1.54) is 101 Å². The van der Waals surface area contributed by atoms with Gasteiger partial charge >= 0.3 is 0 Å². The molecule has 1 fully saturated rings. The van der Waals surface area contributed by atoms with E-state index < -0.39 is 0 Å². The Balaban J connectivity index is 0.00000324. The van der Waals surface area contributed by atoms with Crippen LogP contribution in [0, 0.1) is 0 Å². The lowest BCUT2D eigenvalue weighted by atomic mass is 10.1. The maximum absolute atomic E-state index is 2.33. The van der Waals surface area contributed by atoms with Crippen molar-refractivity contribution in [1.82, 2.24) is 0 Å². The van der Waals surface area contributed by atoms with Crippen LogP contribution in [-0.4, -0.2) is 30.7 Å². The van der Waals surface area contributed by atoms with Gasteiger partial charge in [-0.15, -0.1) is 0 Å². The van der Waals surface area contributed by atoms with E-state index in [1.54, 1.807) is 0 Å². The van der Waals surface area contributed by atoms with E-state index in [0.717, 1.165) is 0 Å². The molecule has 0 unspecified atom stereocenters. The Morgan fingerprint density at radius 2 is 1.11 bits per heavy atom. The van der Waals surface area contributed by atoms with Gasteiger partial charge < -0.3 is 9.19 Å². The first-order chi connectivity index (χ1) is 8.83. The van der Waals surface area contributed by atoms with Gasteiger partial charge in [-0.1, -0.05) is 52.4 Å². The molecule has 1 saturated heterocycles. The van der Waals surface area contributed by atoms with Gasteiger partial charge in [0, 0.05) is 12.8 Å². The van der Waals surface area contributed by atoms with E-state index in [0.29, 0.717) is 0 Å². The highest BCUT2D eigenvalue weighted by molar-refractivity contribution is 4.56. The van der Waals surface area contributed by atoms with Crippen molar-refractivity contribution in [2.45, 2.75) is 84.5 Å². The van der Waals surface area contributed by atoms with Gasteiger partial charge in [0.2, 0.25) is 0 Å². The van der Waals surface area contributed by atoms with Crippen molar-refractivity contribution in [1.29, 1.82) is 0 Å². The third-order valence-corrected chi connectivity index (χ3v) is 4.74. The SMILES string of the molecule is CCCCCCCCC[N+]1(CCCC)CCCC1.[F-]. The molecule has 1 heterocycles. The number of unbranched alkanes of at least 4 members (excludes halogenated alkanes) is 7. The van der Waals surface area contributed by atoms with E-state index >= 15 is 0 Å². The maximum Gasteiger partial charge on any atom is 0.0788 e. The molecule has 0 radical (unpaired) electrons. The monoisotopic (exact) mass is 273 g/mol. The predicted octanol–water partition coefficient (Wildman–Crippen LogP) is 2.15. The first-order valence-corrected chi connectivity index (χ1v) is 8.68. The smallest absolute Gasteiger partial charge is 0.0788 e. The molecule has 0 aliphatic carbocycles. The van der Waals surface area contributed by atoms with Crippen LogP contribution in [0.15, 0.2) is 0 Å². The summed E-state index contributed by atoms with van der Waals surface area (Å²) in [5.41, 5.74) is 0. The van der Waals surface area contributed by atoms with Crippen molar-refractivity contribution in [3.8, 4) is 0 Å². The van der Waals surface area contributed by atoms with E-state index in [4.69, 9.17) is 0 Å². The van der Waals surface area contributed by atoms with E-state index in [1.807, 2.05) is 0 Å². The summed E-state index contributed by atoms with van der Waals surface area (Å²) >= 11 is 0. The van der Waals surface area contributed by atoms with Crippen LogP contribution in [0.3, 0.4) is 0 Å². The standard InChI is InChI=1S/C17H36N.FH/c1-3-5-7-8-9-10-11-15-18(14-6-4-2)16-12-13-17-18;/h3-17H2,1-2H3;1H/q+1;/p-1. The third kappa shape index (κ3) is 7.91. The van der Waals surface area contributed by atoms with Gasteiger partial charge in [0.15, 0.2) is 0 Å². The molecular formula is C17H36FN. The number of rotatable bonds is 11. The van der Waals surface area contributed by atoms with Crippen molar-refractivity contribution in [3.63, 3.8) is 0 Å². The Kier molecular flexibility index (Phi) is 11.6. The highest BCUT2D eigenvalue weighted by Gasteiger charge is 2.30. The minimum Gasteiger partial charge on any atom is -1.00 e. The van der Waals surface area contributed by atoms with Crippen molar-refractivity contribution >= 4 is 0 Å². The van der Waals surface area contributed by atoms with Crippen molar-refractivity contribution in [2.75, 3.05) is 26.2 Å². The quantitative estimate of drug-likeness (QED) is 0.400. The van der Waals surface area contributed by atoms with Gasteiger partial charge in [0.1, 0.15) is 0 Å². The molecule has 2 heteroatoms. The zero-order valence-corrected chi connectivity index (χ0v) is 13.4. The molecule has 0 bridgehead atoms. The Morgan fingerprint density at radius 3 is 1.68 bits per heavy atom. The average Bonchev–Trinajstić information content (AvgIpc) is 2.85. The summed E-state index contributed by atoms with van der Waals surface area (Å²) < 4.78 is 1.48. The molecule has 0 aromatic rings. The fraction of sp³-hybridized carbons (Fsp3) is 1.00. The molecule has 1 aliphatic heterocycles. The fourth-order valence-electron chi connectivity index (χ4n) is 3.46. The third-order valence-electron chi connectivity index (χ3n) is 4.74. The maximum atomic E-state index is 2.33. The molecular weight excluding hydrogens is 237 g/mol. The topological polar surface area (TPSA) is 0 Å². The molecule has 0 aromatic carbocycles. The van der Waals surface area contributed by atoms with E-state index in [-0.39, 0.29) is 4.70 Å². The summed E-state index contributed by atoms with van der Waals surface area (Å²) in [6.07, 6.45) is 16.0. The largest absolute Gasteiger partial charge is 1.00 e. The highest BCUT2D eigenvalue weighted by Crippen LogP contribution is 2.22. The number of likely N-dealkylation sites (tertiary alicyclic amines) is 1. The summed E-state index contributed by atoms with van der Waals surface area (Å²) in [4.78, 5) is 0. The van der Waals surface area contributed by atoms with E-state index in [2.05, 4.69) is 13.8 Å². The van der Waals surface area contributed by atoms with Crippen molar-refractivity contribution in [2.24, 2.45) is 0 Å². The minimum absolute atomic E-state index is 0.